The van der Waals surface area contributed by atoms with Gasteiger partial charge in [0.2, 0.25) is 0 Å². The summed E-state index contributed by atoms with van der Waals surface area (Å²) in [5.74, 6) is -0.953. The lowest BCUT2D eigenvalue weighted by atomic mass is 10.0. The molecule has 0 bridgehead atoms. The number of benzene rings is 2. The summed E-state index contributed by atoms with van der Waals surface area (Å²) in [5.41, 5.74) is 3.08. The van der Waals surface area contributed by atoms with Crippen molar-refractivity contribution in [1.29, 1.82) is 0 Å². The van der Waals surface area contributed by atoms with Gasteiger partial charge in [-0.15, -0.1) is 0 Å². The van der Waals surface area contributed by atoms with Gasteiger partial charge in [-0.25, -0.2) is 4.79 Å². The van der Waals surface area contributed by atoms with E-state index in [9.17, 15) is 9.59 Å². The minimum atomic E-state index is -0.983. The Bertz CT molecular complexity index is 610. The van der Waals surface area contributed by atoms with E-state index >= 15 is 0 Å². The number of rotatable bonds is 5. The van der Waals surface area contributed by atoms with Crippen LogP contribution in [0.4, 0.5) is 0 Å². The van der Waals surface area contributed by atoms with Gasteiger partial charge in [0.1, 0.15) is 0 Å². The fourth-order valence-electron chi connectivity index (χ4n) is 1.96. The maximum absolute atomic E-state index is 12.0. The van der Waals surface area contributed by atoms with Gasteiger partial charge in [-0.1, -0.05) is 42.0 Å². The van der Waals surface area contributed by atoms with Crippen molar-refractivity contribution in [3.63, 3.8) is 0 Å². The number of carbonyl (C=O) groups is 2. The minimum absolute atomic E-state index is 0.0301. The van der Waals surface area contributed by atoms with Crippen LogP contribution in [0.25, 0.3) is 0 Å². The number of carbonyl (C=O) groups excluding carboxylic acids is 1. The van der Waals surface area contributed by atoms with Gasteiger partial charge in [0, 0.05) is 12.0 Å². The van der Waals surface area contributed by atoms with Crippen molar-refractivity contribution < 1.29 is 14.7 Å². The van der Waals surface area contributed by atoms with Crippen LogP contribution in [-0.2, 0) is 6.42 Å². The van der Waals surface area contributed by atoms with Crippen molar-refractivity contribution >= 4 is 11.8 Å². The van der Waals surface area contributed by atoms with E-state index < -0.39 is 5.97 Å². The van der Waals surface area contributed by atoms with Gasteiger partial charge in [0.15, 0.2) is 5.78 Å². The summed E-state index contributed by atoms with van der Waals surface area (Å²) < 4.78 is 0. The Morgan fingerprint density at radius 1 is 0.900 bits per heavy atom. The Balaban J connectivity index is 1.97. The highest BCUT2D eigenvalue weighted by atomic mass is 16.4. The van der Waals surface area contributed by atoms with Crippen LogP contribution in [0, 0.1) is 6.92 Å². The van der Waals surface area contributed by atoms with Crippen LogP contribution < -0.4 is 0 Å². The van der Waals surface area contributed by atoms with Crippen molar-refractivity contribution in [1.82, 2.24) is 0 Å². The van der Waals surface area contributed by atoms with Gasteiger partial charge in [-0.2, -0.15) is 0 Å². The molecule has 0 aliphatic heterocycles. The zero-order chi connectivity index (χ0) is 14.5. The van der Waals surface area contributed by atoms with Crippen LogP contribution in [0.15, 0.2) is 48.5 Å². The molecule has 3 heteroatoms. The van der Waals surface area contributed by atoms with Crippen LogP contribution in [-0.4, -0.2) is 16.9 Å². The lowest BCUT2D eigenvalue weighted by Crippen LogP contribution is -2.03. The Hall–Kier alpha value is -2.42. The second-order valence-corrected chi connectivity index (χ2v) is 4.79. The van der Waals surface area contributed by atoms with Crippen molar-refractivity contribution in [2.75, 3.05) is 0 Å². The fraction of sp³-hybridized carbons (Fsp3) is 0.176. The Morgan fingerprint density at radius 2 is 1.45 bits per heavy atom. The molecule has 0 spiro atoms. The number of hydrogen-bond acceptors (Lipinski definition) is 2. The molecule has 2 aromatic rings. The van der Waals surface area contributed by atoms with Crippen LogP contribution in [0.3, 0.4) is 0 Å². The number of hydrogen-bond donors (Lipinski definition) is 1. The van der Waals surface area contributed by atoms with E-state index in [4.69, 9.17) is 5.11 Å². The van der Waals surface area contributed by atoms with E-state index in [2.05, 4.69) is 0 Å². The van der Waals surface area contributed by atoms with E-state index in [-0.39, 0.29) is 11.3 Å². The second kappa shape index (κ2) is 6.15. The molecule has 2 aromatic carbocycles. The first-order valence-electron chi connectivity index (χ1n) is 6.48. The molecule has 0 aromatic heterocycles. The van der Waals surface area contributed by atoms with Gasteiger partial charge in [-0.05, 0) is 31.0 Å². The molecule has 0 saturated heterocycles. The van der Waals surface area contributed by atoms with Crippen LogP contribution >= 0.6 is 0 Å². The summed E-state index contributed by atoms with van der Waals surface area (Å²) in [5, 5.41) is 8.80. The molecule has 0 amide bonds. The molecule has 0 unspecified atom stereocenters. The topological polar surface area (TPSA) is 54.4 Å². The number of carboxylic acid groups (broad SMARTS) is 1. The van der Waals surface area contributed by atoms with Crippen LogP contribution in [0.5, 0.6) is 0 Å². The van der Waals surface area contributed by atoms with E-state index in [1.807, 2.05) is 31.2 Å². The average molecular weight is 268 g/mol. The molecule has 0 aliphatic carbocycles. The monoisotopic (exact) mass is 268 g/mol. The molecule has 0 heterocycles. The molecule has 3 nitrogen and oxygen atoms in total. The molecule has 2 rings (SSSR count). The predicted octanol–water partition coefficient (Wildman–Crippen LogP) is 3.51. The maximum atomic E-state index is 12.0. The van der Waals surface area contributed by atoms with E-state index in [0.29, 0.717) is 18.4 Å². The van der Waals surface area contributed by atoms with Crippen molar-refractivity contribution in [3.8, 4) is 0 Å². The van der Waals surface area contributed by atoms with Gasteiger partial charge >= 0.3 is 5.97 Å². The third-order valence-corrected chi connectivity index (χ3v) is 3.22. The van der Waals surface area contributed by atoms with Crippen molar-refractivity contribution in [3.05, 3.63) is 70.8 Å². The lowest BCUT2D eigenvalue weighted by Gasteiger charge is -2.03. The normalized spacial score (nSPS) is 10.2. The van der Waals surface area contributed by atoms with Gasteiger partial charge in [0.05, 0.1) is 5.56 Å². The number of ketones is 1. The minimum Gasteiger partial charge on any atom is -0.478 e. The summed E-state index contributed by atoms with van der Waals surface area (Å²) in [6.45, 7) is 2.03. The van der Waals surface area contributed by atoms with Crippen LogP contribution in [0.1, 0.15) is 38.3 Å². The number of aryl methyl sites for hydroxylation is 2. The number of Topliss-reactive ketones (excluding diaryl/α,β-unsaturated/α-hetero) is 1. The summed E-state index contributed by atoms with van der Waals surface area (Å²) in [6, 6.07) is 14.2. The second-order valence-electron chi connectivity index (χ2n) is 4.79. The molecule has 20 heavy (non-hydrogen) atoms. The first kappa shape index (κ1) is 14.0. The lowest BCUT2D eigenvalue weighted by molar-refractivity contribution is 0.0696. The third-order valence-electron chi connectivity index (χ3n) is 3.22. The summed E-state index contributed by atoms with van der Waals surface area (Å²) >= 11 is 0. The smallest absolute Gasteiger partial charge is 0.335 e. The Labute approximate surface area is 117 Å². The van der Waals surface area contributed by atoms with Gasteiger partial charge in [-0.3, -0.25) is 4.79 Å². The average Bonchev–Trinajstić information content (AvgIpc) is 2.46. The molecular weight excluding hydrogens is 252 g/mol. The summed E-state index contributed by atoms with van der Waals surface area (Å²) in [4.78, 5) is 22.8. The van der Waals surface area contributed by atoms with Gasteiger partial charge in [0.25, 0.3) is 0 Å². The standard InChI is InChI=1S/C17H16O3/c1-12-2-4-13(5-3-12)6-11-16(18)14-7-9-15(10-8-14)17(19)20/h2-5,7-10H,6,11H2,1H3,(H,19,20). The highest BCUT2D eigenvalue weighted by molar-refractivity contribution is 5.97. The molecule has 0 fully saturated rings. The largest absolute Gasteiger partial charge is 0.478 e. The molecule has 102 valence electrons. The third kappa shape index (κ3) is 3.54. The van der Waals surface area contributed by atoms with Crippen molar-refractivity contribution in [2.45, 2.75) is 19.8 Å². The highest BCUT2D eigenvalue weighted by Crippen LogP contribution is 2.11. The zero-order valence-corrected chi connectivity index (χ0v) is 11.3. The zero-order valence-electron chi connectivity index (χ0n) is 11.3. The predicted molar refractivity (Wildman–Crippen MR) is 77.2 cm³/mol. The first-order valence-corrected chi connectivity index (χ1v) is 6.48. The molecule has 0 aliphatic rings. The SMILES string of the molecule is Cc1ccc(CCC(=O)c2ccc(C(=O)O)cc2)cc1. The number of carboxylic acids is 1. The first-order chi connectivity index (χ1) is 9.56. The van der Waals surface area contributed by atoms with E-state index in [0.717, 1.165) is 5.56 Å². The molecule has 1 N–H and O–H groups in total. The van der Waals surface area contributed by atoms with Gasteiger partial charge < -0.3 is 5.11 Å². The Kier molecular flexibility index (Phi) is 4.31. The summed E-state index contributed by atoms with van der Waals surface area (Å²) in [7, 11) is 0. The maximum Gasteiger partial charge on any atom is 0.335 e. The van der Waals surface area contributed by atoms with Crippen molar-refractivity contribution in [2.24, 2.45) is 0 Å². The highest BCUT2D eigenvalue weighted by Gasteiger charge is 2.08. The molecular formula is C17H16O3. The Morgan fingerprint density at radius 3 is 2.00 bits per heavy atom. The quantitative estimate of drug-likeness (QED) is 0.844. The summed E-state index contributed by atoms with van der Waals surface area (Å²) in [6.07, 6.45) is 1.12. The van der Waals surface area contributed by atoms with Crippen LogP contribution in [0.2, 0.25) is 0 Å². The fourth-order valence-corrected chi connectivity index (χ4v) is 1.96. The van der Waals surface area contributed by atoms with E-state index in [1.165, 1.54) is 17.7 Å². The molecule has 0 saturated carbocycles. The number of aromatic carboxylic acids is 1. The molecule has 0 radical (unpaired) electrons. The van der Waals surface area contributed by atoms with E-state index in [1.54, 1.807) is 12.1 Å². The molecule has 0 atom stereocenters.